The predicted octanol–water partition coefficient (Wildman–Crippen LogP) is 0.217. The molecule has 1 heterocycles. The molecule has 0 spiro atoms. The summed E-state index contributed by atoms with van der Waals surface area (Å²) in [6, 6.07) is 5.45. The van der Waals surface area contributed by atoms with E-state index in [1.54, 1.807) is 11.0 Å². The van der Waals surface area contributed by atoms with Gasteiger partial charge in [-0.3, -0.25) is 4.79 Å². The van der Waals surface area contributed by atoms with E-state index in [2.05, 4.69) is 0 Å². The van der Waals surface area contributed by atoms with Crippen molar-refractivity contribution in [3.8, 4) is 0 Å². The molecule has 0 aromatic heterocycles. The van der Waals surface area contributed by atoms with Gasteiger partial charge in [-0.15, -0.1) is 0 Å². The number of aliphatic hydroxyl groups is 1. The summed E-state index contributed by atoms with van der Waals surface area (Å²) in [5.74, 6) is -0.0767. The largest absolute Gasteiger partial charge is 0.398 e. The van der Waals surface area contributed by atoms with Crippen molar-refractivity contribution in [1.82, 2.24) is 4.90 Å². The summed E-state index contributed by atoms with van der Waals surface area (Å²) >= 11 is 0. The highest BCUT2D eigenvalue weighted by atomic mass is 16.3. The van der Waals surface area contributed by atoms with Crippen LogP contribution in [0.5, 0.6) is 0 Å². The Morgan fingerprint density at radius 2 is 2.29 bits per heavy atom. The fraction of sp³-hybridized carbons (Fsp3) is 0.300. The maximum absolute atomic E-state index is 11.7. The van der Waals surface area contributed by atoms with E-state index >= 15 is 0 Å². The summed E-state index contributed by atoms with van der Waals surface area (Å²) in [6.07, 6.45) is 0. The van der Waals surface area contributed by atoms with Crippen LogP contribution in [0.3, 0.4) is 0 Å². The van der Waals surface area contributed by atoms with Crippen molar-refractivity contribution < 1.29 is 9.90 Å². The maximum atomic E-state index is 11.7. The van der Waals surface area contributed by atoms with Crippen molar-refractivity contribution in [3.05, 3.63) is 29.3 Å². The summed E-state index contributed by atoms with van der Waals surface area (Å²) in [4.78, 5) is 13.3. The highest BCUT2D eigenvalue weighted by molar-refractivity contribution is 6.02. The Hall–Kier alpha value is -1.55. The summed E-state index contributed by atoms with van der Waals surface area (Å²) in [5, 5.41) is 8.77. The van der Waals surface area contributed by atoms with Gasteiger partial charge in [0.25, 0.3) is 5.91 Å². The molecule has 0 bridgehead atoms. The van der Waals surface area contributed by atoms with Crippen molar-refractivity contribution in [2.45, 2.75) is 6.54 Å². The first kappa shape index (κ1) is 9.02. The quantitative estimate of drug-likeness (QED) is 0.658. The van der Waals surface area contributed by atoms with Crippen LogP contribution >= 0.6 is 0 Å². The number of carbonyl (C=O) groups is 1. The molecule has 0 saturated carbocycles. The second kappa shape index (κ2) is 3.31. The third-order valence-electron chi connectivity index (χ3n) is 2.42. The van der Waals surface area contributed by atoms with Gasteiger partial charge >= 0.3 is 0 Å². The third kappa shape index (κ3) is 1.24. The van der Waals surface area contributed by atoms with E-state index in [1.165, 1.54) is 0 Å². The van der Waals surface area contributed by atoms with Gasteiger partial charge in [-0.25, -0.2) is 0 Å². The van der Waals surface area contributed by atoms with E-state index in [1.807, 2.05) is 12.1 Å². The van der Waals surface area contributed by atoms with Crippen LogP contribution in [0.1, 0.15) is 15.9 Å². The molecule has 0 unspecified atom stereocenters. The van der Waals surface area contributed by atoms with Crippen LogP contribution in [0.2, 0.25) is 0 Å². The monoisotopic (exact) mass is 192 g/mol. The molecular formula is C10H12N2O2. The number of β-amino-alcohol motifs (C(OH)–C–C–N with tert-alkyl or cyclic N) is 1. The number of rotatable bonds is 2. The van der Waals surface area contributed by atoms with Crippen LogP contribution < -0.4 is 5.73 Å². The normalized spacial score (nSPS) is 14.6. The fourth-order valence-electron chi connectivity index (χ4n) is 1.75. The molecule has 1 aliphatic heterocycles. The Balaban J connectivity index is 2.36. The van der Waals surface area contributed by atoms with E-state index in [4.69, 9.17) is 10.8 Å². The Morgan fingerprint density at radius 3 is 2.93 bits per heavy atom. The van der Waals surface area contributed by atoms with Gasteiger partial charge in [-0.2, -0.15) is 0 Å². The van der Waals surface area contributed by atoms with Crippen molar-refractivity contribution in [2.24, 2.45) is 0 Å². The lowest BCUT2D eigenvalue weighted by Gasteiger charge is -2.12. The summed E-state index contributed by atoms with van der Waals surface area (Å²) in [5.41, 5.74) is 7.78. The first-order chi connectivity index (χ1) is 6.74. The zero-order valence-corrected chi connectivity index (χ0v) is 7.73. The van der Waals surface area contributed by atoms with Gasteiger partial charge in [0.05, 0.1) is 12.2 Å². The number of amides is 1. The molecule has 4 nitrogen and oxygen atoms in total. The van der Waals surface area contributed by atoms with Crippen LogP contribution in [0.15, 0.2) is 18.2 Å². The molecule has 4 heteroatoms. The second-order valence-corrected chi connectivity index (χ2v) is 3.33. The second-order valence-electron chi connectivity index (χ2n) is 3.33. The third-order valence-corrected chi connectivity index (χ3v) is 2.42. The van der Waals surface area contributed by atoms with E-state index in [0.717, 1.165) is 5.56 Å². The van der Waals surface area contributed by atoms with Gasteiger partial charge in [-0.05, 0) is 11.6 Å². The van der Waals surface area contributed by atoms with Crippen LogP contribution in [0.25, 0.3) is 0 Å². The molecule has 2 rings (SSSR count). The minimum Gasteiger partial charge on any atom is -0.398 e. The average Bonchev–Trinajstić information content (AvgIpc) is 2.46. The first-order valence-corrected chi connectivity index (χ1v) is 4.51. The van der Waals surface area contributed by atoms with Crippen LogP contribution in [-0.4, -0.2) is 29.1 Å². The maximum Gasteiger partial charge on any atom is 0.256 e. The number of nitrogens with two attached hydrogens (primary N) is 1. The number of hydrogen-bond acceptors (Lipinski definition) is 3. The van der Waals surface area contributed by atoms with E-state index in [9.17, 15) is 4.79 Å². The molecule has 0 radical (unpaired) electrons. The predicted molar refractivity (Wildman–Crippen MR) is 52.7 cm³/mol. The van der Waals surface area contributed by atoms with Gasteiger partial charge < -0.3 is 15.7 Å². The number of fused-ring (bicyclic) bond motifs is 1. The minimum atomic E-state index is -0.0767. The van der Waals surface area contributed by atoms with E-state index < -0.39 is 0 Å². The highest BCUT2D eigenvalue weighted by Gasteiger charge is 2.28. The van der Waals surface area contributed by atoms with Crippen LogP contribution in [0, 0.1) is 0 Å². The lowest BCUT2D eigenvalue weighted by molar-refractivity contribution is 0.0746. The van der Waals surface area contributed by atoms with Crippen molar-refractivity contribution in [1.29, 1.82) is 0 Å². The number of nitrogen functional groups attached to an aromatic ring is 1. The zero-order valence-electron chi connectivity index (χ0n) is 7.73. The van der Waals surface area contributed by atoms with Gasteiger partial charge in [0.2, 0.25) is 0 Å². The highest BCUT2D eigenvalue weighted by Crippen LogP contribution is 2.26. The number of benzene rings is 1. The van der Waals surface area contributed by atoms with Crippen LogP contribution in [0.4, 0.5) is 5.69 Å². The summed E-state index contributed by atoms with van der Waals surface area (Å²) in [6.45, 7) is 0.909. The average molecular weight is 192 g/mol. The lowest BCUT2D eigenvalue weighted by Crippen LogP contribution is -2.27. The molecule has 3 N–H and O–H groups in total. The molecule has 1 amide bonds. The van der Waals surface area contributed by atoms with Crippen molar-refractivity contribution in [3.63, 3.8) is 0 Å². The molecule has 0 atom stereocenters. The molecule has 1 aromatic carbocycles. The Bertz CT molecular complexity index is 376. The molecule has 0 aliphatic carbocycles. The van der Waals surface area contributed by atoms with Crippen molar-refractivity contribution >= 4 is 11.6 Å². The van der Waals surface area contributed by atoms with Gasteiger partial charge in [0.1, 0.15) is 0 Å². The molecule has 0 saturated heterocycles. The molecule has 74 valence electrons. The zero-order chi connectivity index (χ0) is 10.1. The number of aliphatic hydroxyl groups excluding tert-OH is 1. The molecular weight excluding hydrogens is 180 g/mol. The molecule has 14 heavy (non-hydrogen) atoms. The number of nitrogens with zero attached hydrogens (tertiary/aromatic N) is 1. The number of hydrogen-bond donors (Lipinski definition) is 2. The smallest absolute Gasteiger partial charge is 0.256 e. The van der Waals surface area contributed by atoms with Gasteiger partial charge in [0.15, 0.2) is 0 Å². The number of carbonyl (C=O) groups excluding carboxylic acids is 1. The molecule has 1 aromatic rings. The minimum absolute atomic E-state index is 0.0143. The topological polar surface area (TPSA) is 66.6 Å². The first-order valence-electron chi connectivity index (χ1n) is 4.51. The van der Waals surface area contributed by atoms with Gasteiger partial charge in [-0.1, -0.05) is 12.1 Å². The lowest BCUT2D eigenvalue weighted by atomic mass is 10.1. The Kier molecular flexibility index (Phi) is 2.13. The molecule has 0 fully saturated rings. The SMILES string of the molecule is Nc1cccc2c1C(=O)N(CCO)C2. The molecule has 1 aliphatic rings. The summed E-state index contributed by atoms with van der Waals surface area (Å²) in [7, 11) is 0. The van der Waals surface area contributed by atoms with E-state index in [0.29, 0.717) is 24.3 Å². The standard InChI is InChI=1S/C10H12N2O2/c11-8-3-1-2-7-6-12(4-5-13)10(14)9(7)8/h1-3,13H,4-6,11H2. The Labute approximate surface area is 81.9 Å². The van der Waals surface area contributed by atoms with Crippen molar-refractivity contribution in [2.75, 3.05) is 18.9 Å². The number of anilines is 1. The van der Waals surface area contributed by atoms with Gasteiger partial charge in [0, 0.05) is 18.8 Å². The van der Waals surface area contributed by atoms with E-state index in [-0.39, 0.29) is 12.5 Å². The summed E-state index contributed by atoms with van der Waals surface area (Å²) < 4.78 is 0. The Morgan fingerprint density at radius 1 is 1.50 bits per heavy atom. The fourth-order valence-corrected chi connectivity index (χ4v) is 1.75. The van der Waals surface area contributed by atoms with Crippen LogP contribution in [-0.2, 0) is 6.54 Å².